The normalized spacial score (nSPS) is 36.8. The molecule has 1 saturated heterocycles. The van der Waals surface area contributed by atoms with E-state index in [1.807, 2.05) is 0 Å². The summed E-state index contributed by atoms with van der Waals surface area (Å²) in [6.07, 6.45) is 8.43. The molecule has 0 radical (unpaired) electrons. The Balaban J connectivity index is 1.57. The Labute approximate surface area is 116 Å². The zero-order valence-corrected chi connectivity index (χ0v) is 12.2. The predicted octanol–water partition coefficient (Wildman–Crippen LogP) is 1.21. The zero-order chi connectivity index (χ0) is 13.5. The van der Waals surface area contributed by atoms with E-state index in [1.165, 1.54) is 19.3 Å². The zero-order valence-electron chi connectivity index (χ0n) is 12.2. The highest BCUT2D eigenvalue weighted by molar-refractivity contribution is 5.80. The molecule has 3 heteroatoms. The Hall–Kier alpha value is -0.830. The van der Waals surface area contributed by atoms with Crippen molar-refractivity contribution in [3.8, 4) is 0 Å². The van der Waals surface area contributed by atoms with Gasteiger partial charge in [-0.3, -0.25) is 4.79 Å². The van der Waals surface area contributed by atoms with Gasteiger partial charge in [-0.2, -0.15) is 0 Å². The number of hydrogen-bond donors (Lipinski definition) is 2. The lowest BCUT2D eigenvalue weighted by Crippen LogP contribution is -2.93. The summed E-state index contributed by atoms with van der Waals surface area (Å²) in [6, 6.07) is 0.143. The van der Waals surface area contributed by atoms with Crippen molar-refractivity contribution in [3.63, 3.8) is 0 Å². The minimum atomic E-state index is 0.143. The van der Waals surface area contributed by atoms with Crippen LogP contribution in [0.5, 0.6) is 0 Å². The lowest BCUT2D eigenvalue weighted by atomic mass is 9.49. The van der Waals surface area contributed by atoms with E-state index in [9.17, 15) is 4.79 Å². The van der Waals surface area contributed by atoms with Crippen molar-refractivity contribution < 1.29 is 10.1 Å². The van der Waals surface area contributed by atoms with E-state index in [0.717, 1.165) is 37.8 Å². The number of hydrogen-bond acceptors (Lipinski definition) is 1. The standard InChI is InChI=1S/C16H26N2O/c1-16(2)12-7-6-11(13(16)9-12)10-18-14-5-3-4-8-17-15(14)19/h6,12-14,18H,3-5,7-10H2,1-2H3,(H,17,19)/p+1/t12-,13-,14+/m0/s1. The molecule has 4 aliphatic rings. The highest BCUT2D eigenvalue weighted by Gasteiger charge is 2.51. The Morgan fingerprint density at radius 3 is 3.00 bits per heavy atom. The summed E-state index contributed by atoms with van der Waals surface area (Å²) in [5, 5.41) is 5.31. The first-order valence-electron chi connectivity index (χ1n) is 7.89. The summed E-state index contributed by atoms with van der Waals surface area (Å²) >= 11 is 0. The quantitative estimate of drug-likeness (QED) is 0.739. The van der Waals surface area contributed by atoms with E-state index in [2.05, 4.69) is 30.6 Å². The second-order valence-corrected chi connectivity index (χ2v) is 7.15. The molecule has 19 heavy (non-hydrogen) atoms. The third kappa shape index (κ3) is 2.33. The van der Waals surface area contributed by atoms with E-state index < -0.39 is 0 Å². The van der Waals surface area contributed by atoms with Crippen molar-refractivity contribution >= 4 is 5.91 Å². The molecule has 3 atom stereocenters. The average molecular weight is 263 g/mol. The molecule has 3 aliphatic carbocycles. The van der Waals surface area contributed by atoms with Crippen molar-refractivity contribution in [3.05, 3.63) is 11.6 Å². The van der Waals surface area contributed by atoms with Gasteiger partial charge in [-0.25, -0.2) is 0 Å². The van der Waals surface area contributed by atoms with Crippen molar-refractivity contribution in [1.82, 2.24) is 5.32 Å². The van der Waals surface area contributed by atoms with Crippen LogP contribution in [0.25, 0.3) is 0 Å². The van der Waals surface area contributed by atoms with Crippen molar-refractivity contribution in [1.29, 1.82) is 0 Å². The molecule has 0 aromatic heterocycles. The first-order chi connectivity index (χ1) is 9.09. The van der Waals surface area contributed by atoms with Gasteiger partial charge in [0.15, 0.2) is 6.04 Å². The summed E-state index contributed by atoms with van der Waals surface area (Å²) in [4.78, 5) is 11.9. The average Bonchev–Trinajstić information content (AvgIpc) is 2.61. The highest BCUT2D eigenvalue weighted by Crippen LogP contribution is 2.58. The predicted molar refractivity (Wildman–Crippen MR) is 75.5 cm³/mol. The molecule has 2 fully saturated rings. The Bertz CT molecular complexity index is 400. The summed E-state index contributed by atoms with van der Waals surface area (Å²) in [6.45, 7) is 6.72. The maximum atomic E-state index is 11.9. The Morgan fingerprint density at radius 1 is 1.42 bits per heavy atom. The van der Waals surface area contributed by atoms with Gasteiger partial charge in [0.25, 0.3) is 5.91 Å². The molecule has 0 aromatic carbocycles. The van der Waals surface area contributed by atoms with E-state index >= 15 is 0 Å². The van der Waals surface area contributed by atoms with Crippen LogP contribution in [0.2, 0.25) is 0 Å². The van der Waals surface area contributed by atoms with Crippen LogP contribution in [0.1, 0.15) is 46.0 Å². The van der Waals surface area contributed by atoms with E-state index in [0.29, 0.717) is 5.41 Å². The molecular weight excluding hydrogens is 236 g/mol. The van der Waals surface area contributed by atoms with Crippen molar-refractivity contribution in [2.75, 3.05) is 13.1 Å². The molecule has 0 spiro atoms. The fourth-order valence-corrected chi connectivity index (χ4v) is 4.17. The molecule has 1 amide bonds. The monoisotopic (exact) mass is 263 g/mol. The lowest BCUT2D eigenvalue weighted by molar-refractivity contribution is -0.671. The van der Waals surface area contributed by atoms with Crippen LogP contribution in [0.3, 0.4) is 0 Å². The molecule has 2 bridgehead atoms. The number of carbonyl (C=O) groups excluding carboxylic acids is 1. The van der Waals surface area contributed by atoms with Gasteiger partial charge in [0, 0.05) is 13.0 Å². The van der Waals surface area contributed by atoms with Gasteiger partial charge in [-0.05, 0) is 48.5 Å². The first-order valence-corrected chi connectivity index (χ1v) is 7.89. The summed E-state index contributed by atoms with van der Waals surface area (Å²) < 4.78 is 0. The molecular formula is C16H27N2O+. The third-order valence-corrected chi connectivity index (χ3v) is 5.80. The molecule has 1 aliphatic heterocycles. The minimum absolute atomic E-state index is 0.143. The maximum absolute atomic E-state index is 11.9. The van der Waals surface area contributed by atoms with E-state index in [4.69, 9.17) is 0 Å². The molecule has 106 valence electrons. The van der Waals surface area contributed by atoms with Crippen LogP contribution in [0, 0.1) is 17.3 Å². The second kappa shape index (κ2) is 4.93. The number of carbonyl (C=O) groups is 1. The van der Waals surface area contributed by atoms with Crippen LogP contribution in [0.4, 0.5) is 0 Å². The number of fused-ring (bicyclic) bond motifs is 1. The van der Waals surface area contributed by atoms with Crippen LogP contribution in [-0.2, 0) is 4.79 Å². The van der Waals surface area contributed by atoms with Crippen LogP contribution < -0.4 is 10.6 Å². The largest absolute Gasteiger partial charge is 0.351 e. The molecule has 1 heterocycles. The van der Waals surface area contributed by atoms with Gasteiger partial charge in [0.05, 0.1) is 6.54 Å². The minimum Gasteiger partial charge on any atom is -0.351 e. The Morgan fingerprint density at radius 2 is 2.26 bits per heavy atom. The number of nitrogens with one attached hydrogen (secondary N) is 1. The Kier molecular flexibility index (Phi) is 3.42. The number of nitrogens with two attached hydrogens (primary N) is 1. The lowest BCUT2D eigenvalue weighted by Gasteiger charge is -2.56. The van der Waals surface area contributed by atoms with Crippen LogP contribution in [0.15, 0.2) is 11.6 Å². The number of amides is 1. The van der Waals surface area contributed by atoms with E-state index in [-0.39, 0.29) is 11.9 Å². The van der Waals surface area contributed by atoms with Gasteiger partial charge in [-0.15, -0.1) is 0 Å². The van der Waals surface area contributed by atoms with Crippen LogP contribution in [-0.4, -0.2) is 25.0 Å². The van der Waals surface area contributed by atoms with E-state index in [1.54, 1.807) is 5.57 Å². The molecule has 3 N–H and O–H groups in total. The smallest absolute Gasteiger partial charge is 0.278 e. The third-order valence-electron chi connectivity index (χ3n) is 5.80. The van der Waals surface area contributed by atoms with Crippen LogP contribution >= 0.6 is 0 Å². The van der Waals surface area contributed by atoms with Gasteiger partial charge >= 0.3 is 0 Å². The second-order valence-electron chi connectivity index (χ2n) is 7.15. The van der Waals surface area contributed by atoms with Gasteiger partial charge in [0.1, 0.15) is 0 Å². The van der Waals surface area contributed by atoms with Gasteiger partial charge < -0.3 is 10.6 Å². The fourth-order valence-electron chi connectivity index (χ4n) is 4.17. The molecule has 1 saturated carbocycles. The number of rotatable bonds is 3. The van der Waals surface area contributed by atoms with Gasteiger partial charge in [0.2, 0.25) is 0 Å². The van der Waals surface area contributed by atoms with Gasteiger partial charge in [-0.1, -0.05) is 19.9 Å². The van der Waals surface area contributed by atoms with Crippen molar-refractivity contribution in [2.45, 2.75) is 52.0 Å². The fraction of sp³-hybridized carbons (Fsp3) is 0.812. The number of quaternary nitrogens is 1. The summed E-state index contributed by atoms with van der Waals surface area (Å²) in [7, 11) is 0. The molecule has 0 aromatic rings. The molecule has 4 rings (SSSR count). The molecule has 0 unspecified atom stereocenters. The van der Waals surface area contributed by atoms with Crippen molar-refractivity contribution in [2.24, 2.45) is 17.3 Å². The first kappa shape index (κ1) is 13.2. The maximum Gasteiger partial charge on any atom is 0.278 e. The summed E-state index contributed by atoms with van der Waals surface area (Å²) in [5.74, 6) is 1.93. The summed E-state index contributed by atoms with van der Waals surface area (Å²) in [5.41, 5.74) is 2.11. The highest BCUT2D eigenvalue weighted by atomic mass is 16.2. The SMILES string of the molecule is CC1(C)[C@H]2CC=C(C[NH2+][C@@H]3CCCCNC3=O)[C@@H]1C2. The number of allylic oxidation sites excluding steroid dienone is 1. The molecule has 3 nitrogen and oxygen atoms in total. The topological polar surface area (TPSA) is 45.7 Å².